The van der Waals surface area contributed by atoms with E-state index in [0.29, 0.717) is 35.6 Å². The molecule has 0 radical (unpaired) electrons. The lowest BCUT2D eigenvalue weighted by Crippen LogP contribution is -2.34. The lowest BCUT2D eigenvalue weighted by molar-refractivity contribution is -0.116. The summed E-state index contributed by atoms with van der Waals surface area (Å²) < 4.78 is 42.0. The van der Waals surface area contributed by atoms with Crippen LogP contribution in [0, 0.1) is 5.82 Å². The van der Waals surface area contributed by atoms with Crippen molar-refractivity contribution in [3.8, 4) is 0 Å². The average molecular weight is 423 g/mol. The molecule has 0 saturated carbocycles. The lowest BCUT2D eigenvalue weighted by atomic mass is 9.90. The number of rotatable bonds is 4. The van der Waals surface area contributed by atoms with Gasteiger partial charge in [0.25, 0.3) is 6.43 Å². The predicted molar refractivity (Wildman–Crippen MR) is 103 cm³/mol. The molecular formula is C20H18ClF3N4O. The van der Waals surface area contributed by atoms with Crippen molar-refractivity contribution < 1.29 is 18.0 Å². The van der Waals surface area contributed by atoms with Crippen molar-refractivity contribution in [2.75, 3.05) is 17.3 Å². The van der Waals surface area contributed by atoms with Crippen molar-refractivity contribution in [3.05, 3.63) is 58.8 Å². The second-order valence-corrected chi connectivity index (χ2v) is 7.99. The third-order valence-electron chi connectivity index (χ3n) is 5.16. The van der Waals surface area contributed by atoms with Gasteiger partial charge in [-0.1, -0.05) is 26.0 Å². The molecule has 1 aliphatic heterocycles. The number of halogens is 4. The van der Waals surface area contributed by atoms with E-state index in [9.17, 15) is 18.0 Å². The molecule has 2 aromatic heterocycles. The Morgan fingerprint density at radius 3 is 2.55 bits per heavy atom. The lowest BCUT2D eigenvalue weighted by Gasteiger charge is -2.20. The number of pyridine rings is 1. The van der Waals surface area contributed by atoms with Gasteiger partial charge in [0.2, 0.25) is 11.7 Å². The van der Waals surface area contributed by atoms with Crippen molar-refractivity contribution >= 4 is 28.8 Å². The van der Waals surface area contributed by atoms with Gasteiger partial charge < -0.3 is 4.90 Å². The van der Waals surface area contributed by atoms with Gasteiger partial charge in [-0.2, -0.15) is 0 Å². The number of aromatic nitrogens is 3. The quantitative estimate of drug-likeness (QED) is 0.590. The smallest absolute Gasteiger partial charge is 0.297 e. The van der Waals surface area contributed by atoms with E-state index < -0.39 is 17.7 Å². The van der Waals surface area contributed by atoms with Crippen LogP contribution in [0.2, 0.25) is 0 Å². The van der Waals surface area contributed by atoms with Crippen LogP contribution in [0.5, 0.6) is 0 Å². The van der Waals surface area contributed by atoms with Gasteiger partial charge in [0.15, 0.2) is 5.65 Å². The van der Waals surface area contributed by atoms with Gasteiger partial charge >= 0.3 is 0 Å². The van der Waals surface area contributed by atoms with E-state index in [4.69, 9.17) is 11.6 Å². The number of carbonyl (C=O) groups is 1. The minimum Gasteiger partial charge on any atom is -0.309 e. The van der Waals surface area contributed by atoms with E-state index in [0.717, 1.165) is 5.56 Å². The summed E-state index contributed by atoms with van der Waals surface area (Å²) in [4.78, 5) is 13.9. The highest BCUT2D eigenvalue weighted by atomic mass is 35.5. The van der Waals surface area contributed by atoms with E-state index in [1.807, 2.05) is 13.8 Å². The molecule has 9 heteroatoms. The third-order valence-corrected chi connectivity index (χ3v) is 5.38. The van der Waals surface area contributed by atoms with E-state index in [2.05, 4.69) is 10.2 Å². The van der Waals surface area contributed by atoms with E-state index in [-0.39, 0.29) is 17.6 Å². The molecule has 0 bridgehead atoms. The van der Waals surface area contributed by atoms with Gasteiger partial charge in [0.1, 0.15) is 11.7 Å². The number of amides is 1. The summed E-state index contributed by atoms with van der Waals surface area (Å²) in [5, 5.41) is 7.73. The molecule has 0 spiro atoms. The Bertz CT molecular complexity index is 1100. The van der Waals surface area contributed by atoms with Crippen molar-refractivity contribution in [1.29, 1.82) is 0 Å². The highest BCUT2D eigenvalue weighted by Crippen LogP contribution is 2.43. The van der Waals surface area contributed by atoms with Crippen LogP contribution >= 0.6 is 11.6 Å². The number of hydrogen-bond acceptors (Lipinski definition) is 3. The van der Waals surface area contributed by atoms with Crippen LogP contribution in [0.25, 0.3) is 5.65 Å². The van der Waals surface area contributed by atoms with Crippen LogP contribution < -0.4 is 4.90 Å². The zero-order valence-corrected chi connectivity index (χ0v) is 16.6. The first-order chi connectivity index (χ1) is 13.7. The Labute approximate surface area is 170 Å². The Balaban J connectivity index is 1.97. The SMILES string of the molecule is CC1(C)CN(C(=O)CCl)c2cc(Cc3ccc(F)cc3)c3nnc(C(F)F)n3c21. The maximum absolute atomic E-state index is 13.7. The van der Waals surface area contributed by atoms with Gasteiger partial charge in [-0.3, -0.25) is 9.20 Å². The number of alkyl halides is 3. The first-order valence-corrected chi connectivity index (χ1v) is 9.56. The minimum atomic E-state index is -2.83. The zero-order chi connectivity index (χ0) is 20.9. The Hall–Kier alpha value is -2.61. The summed E-state index contributed by atoms with van der Waals surface area (Å²) in [6.45, 7) is 4.06. The molecule has 1 amide bonds. The van der Waals surface area contributed by atoms with Crippen LogP contribution in [0.4, 0.5) is 18.9 Å². The Morgan fingerprint density at radius 1 is 1.24 bits per heavy atom. The minimum absolute atomic E-state index is 0.218. The number of nitrogens with zero attached hydrogens (tertiary/aromatic N) is 4. The molecule has 0 aliphatic carbocycles. The number of carbonyl (C=O) groups excluding carboxylic acids is 1. The summed E-state index contributed by atoms with van der Waals surface area (Å²) in [5.41, 5.74) is 2.16. The molecular weight excluding hydrogens is 405 g/mol. The third kappa shape index (κ3) is 3.25. The number of fused-ring (bicyclic) bond motifs is 3. The predicted octanol–water partition coefficient (Wildman–Crippen LogP) is 4.26. The summed E-state index contributed by atoms with van der Waals surface area (Å²) in [7, 11) is 0. The van der Waals surface area contributed by atoms with Crippen molar-refractivity contribution in [1.82, 2.24) is 14.6 Å². The van der Waals surface area contributed by atoms with E-state index in [1.54, 1.807) is 18.2 Å². The Morgan fingerprint density at radius 2 is 1.93 bits per heavy atom. The summed E-state index contributed by atoms with van der Waals surface area (Å²) in [6, 6.07) is 7.68. The van der Waals surface area contributed by atoms with Crippen LogP contribution in [0.1, 0.15) is 42.9 Å². The van der Waals surface area contributed by atoms with Crippen molar-refractivity contribution in [2.24, 2.45) is 0 Å². The molecule has 0 N–H and O–H groups in total. The molecule has 3 heterocycles. The second kappa shape index (κ2) is 7.02. The Kier molecular flexibility index (Phi) is 4.77. The molecule has 152 valence electrons. The molecule has 0 atom stereocenters. The van der Waals surface area contributed by atoms with E-state index >= 15 is 0 Å². The summed E-state index contributed by atoms with van der Waals surface area (Å²) >= 11 is 5.78. The fourth-order valence-electron chi connectivity index (χ4n) is 3.94. The molecule has 0 fully saturated rings. The van der Waals surface area contributed by atoms with E-state index in [1.165, 1.54) is 21.4 Å². The first kappa shape index (κ1) is 19.7. The van der Waals surface area contributed by atoms with Crippen LogP contribution in [0.3, 0.4) is 0 Å². The molecule has 5 nitrogen and oxygen atoms in total. The van der Waals surface area contributed by atoms with Gasteiger partial charge in [0, 0.05) is 23.9 Å². The fourth-order valence-corrected chi connectivity index (χ4v) is 4.08. The van der Waals surface area contributed by atoms with Crippen LogP contribution in [-0.4, -0.2) is 32.9 Å². The van der Waals surface area contributed by atoms with Gasteiger partial charge in [-0.15, -0.1) is 21.8 Å². The normalized spacial score (nSPS) is 15.3. The van der Waals surface area contributed by atoms with Crippen LogP contribution in [-0.2, 0) is 16.6 Å². The maximum Gasteiger partial charge on any atom is 0.297 e. The van der Waals surface area contributed by atoms with Gasteiger partial charge in [0.05, 0.1) is 11.4 Å². The molecule has 0 unspecified atom stereocenters. The standard InChI is InChI=1S/C20H18ClF3N4O/c1-20(2)10-27(15(29)9-21)14-8-12(7-11-3-5-13(22)6-4-11)18-25-26-19(17(23)24)28(18)16(14)20/h3-6,8,17H,7,9-10H2,1-2H3. The average Bonchev–Trinajstić information content (AvgIpc) is 3.22. The second-order valence-electron chi connectivity index (χ2n) is 7.72. The molecule has 1 aliphatic rings. The largest absolute Gasteiger partial charge is 0.309 e. The van der Waals surface area contributed by atoms with Crippen LogP contribution in [0.15, 0.2) is 30.3 Å². The zero-order valence-electron chi connectivity index (χ0n) is 15.8. The number of benzene rings is 1. The van der Waals surface area contributed by atoms with Gasteiger partial charge in [-0.05, 0) is 23.8 Å². The van der Waals surface area contributed by atoms with Crippen molar-refractivity contribution in [3.63, 3.8) is 0 Å². The first-order valence-electron chi connectivity index (χ1n) is 9.03. The molecule has 1 aromatic carbocycles. The number of anilines is 1. The molecule has 3 aromatic rings. The number of hydrogen-bond donors (Lipinski definition) is 0. The highest BCUT2D eigenvalue weighted by molar-refractivity contribution is 6.29. The highest BCUT2D eigenvalue weighted by Gasteiger charge is 2.42. The monoisotopic (exact) mass is 422 g/mol. The molecule has 4 rings (SSSR count). The summed E-state index contributed by atoms with van der Waals surface area (Å²) in [6.07, 6.45) is -2.51. The molecule has 0 saturated heterocycles. The molecule has 29 heavy (non-hydrogen) atoms. The van der Waals surface area contributed by atoms with Crippen molar-refractivity contribution in [2.45, 2.75) is 32.1 Å². The fraction of sp³-hybridized carbons (Fsp3) is 0.350. The topological polar surface area (TPSA) is 50.5 Å². The van der Waals surface area contributed by atoms with Gasteiger partial charge in [-0.25, -0.2) is 13.2 Å². The summed E-state index contributed by atoms with van der Waals surface area (Å²) in [5.74, 6) is -1.36. The maximum atomic E-state index is 13.7.